The minimum atomic E-state index is -0.618. The van der Waals surface area contributed by atoms with Gasteiger partial charge in [0.15, 0.2) is 0 Å². The smallest absolute Gasteiger partial charge is 0.433 e. The maximum Gasteiger partial charge on any atom is 0.433 e. The van der Waals surface area contributed by atoms with Crippen LogP contribution in [0.25, 0.3) is 0 Å². The van der Waals surface area contributed by atoms with Gasteiger partial charge < -0.3 is 14.8 Å². The minimum absolute atomic E-state index is 0.140. The maximum atomic E-state index is 11.2. The average molecular weight is 288 g/mol. The number of esters is 1. The lowest BCUT2D eigenvalue weighted by molar-refractivity contribution is -0.148. The molecule has 116 valence electrons. The molecular formula is C13H24N2O5. The van der Waals surface area contributed by atoms with Crippen molar-refractivity contribution in [3.05, 3.63) is 0 Å². The molecule has 0 aromatic rings. The van der Waals surface area contributed by atoms with Gasteiger partial charge in [-0.3, -0.25) is 9.63 Å². The van der Waals surface area contributed by atoms with Crippen LogP contribution in [0.5, 0.6) is 0 Å². The molecule has 0 bridgehead atoms. The first kappa shape index (κ1) is 18.4. The van der Waals surface area contributed by atoms with Gasteiger partial charge in [0.1, 0.15) is 6.61 Å². The number of oxime groups is 1. The fourth-order valence-electron chi connectivity index (χ4n) is 0.911. The molecule has 0 aliphatic heterocycles. The van der Waals surface area contributed by atoms with Crippen LogP contribution < -0.4 is 5.32 Å². The van der Waals surface area contributed by atoms with E-state index in [0.717, 1.165) is 12.1 Å². The van der Waals surface area contributed by atoms with Crippen LogP contribution in [0.4, 0.5) is 4.79 Å². The van der Waals surface area contributed by atoms with Gasteiger partial charge >= 0.3 is 12.1 Å². The Hall–Kier alpha value is -1.63. The van der Waals surface area contributed by atoms with Crippen LogP contribution in [0, 0.1) is 5.92 Å². The van der Waals surface area contributed by atoms with Crippen LogP contribution in [-0.2, 0) is 19.1 Å². The normalized spacial score (nSPS) is 11.3. The largest absolute Gasteiger partial charge is 0.463 e. The van der Waals surface area contributed by atoms with Crippen LogP contribution in [0.3, 0.4) is 0 Å². The van der Waals surface area contributed by atoms with E-state index >= 15 is 0 Å². The Morgan fingerprint density at radius 2 is 1.90 bits per heavy atom. The predicted molar refractivity (Wildman–Crippen MR) is 74.5 cm³/mol. The summed E-state index contributed by atoms with van der Waals surface area (Å²) in [5, 5.41) is 6.09. The fraction of sp³-hybridized carbons (Fsp3) is 0.769. The van der Waals surface area contributed by atoms with Gasteiger partial charge in [0, 0.05) is 6.54 Å². The molecule has 0 spiro atoms. The van der Waals surface area contributed by atoms with E-state index in [0.29, 0.717) is 19.8 Å². The number of nitrogens with one attached hydrogen (secondary N) is 1. The highest BCUT2D eigenvalue weighted by atomic mass is 16.7. The Labute approximate surface area is 119 Å². The first-order valence-electron chi connectivity index (χ1n) is 6.70. The van der Waals surface area contributed by atoms with Gasteiger partial charge in [-0.15, -0.1) is 0 Å². The van der Waals surface area contributed by atoms with Gasteiger partial charge in [-0.25, -0.2) is 4.79 Å². The highest BCUT2D eigenvalue weighted by molar-refractivity contribution is 5.81. The Bertz CT molecular complexity index is 329. The molecule has 20 heavy (non-hydrogen) atoms. The number of hydrogen-bond donors (Lipinski definition) is 1. The summed E-state index contributed by atoms with van der Waals surface area (Å²) in [4.78, 5) is 26.9. The van der Waals surface area contributed by atoms with Crippen molar-refractivity contribution in [3.63, 3.8) is 0 Å². The molecule has 0 fully saturated rings. The van der Waals surface area contributed by atoms with Crippen LogP contribution in [-0.4, -0.2) is 44.1 Å². The third kappa shape index (κ3) is 10.3. The molecule has 0 radical (unpaired) electrons. The Morgan fingerprint density at radius 1 is 1.20 bits per heavy atom. The van der Waals surface area contributed by atoms with Crippen LogP contribution in [0.15, 0.2) is 5.16 Å². The van der Waals surface area contributed by atoms with E-state index in [1.165, 1.54) is 0 Å². The third-order valence-electron chi connectivity index (χ3n) is 2.26. The van der Waals surface area contributed by atoms with Crippen molar-refractivity contribution in [2.45, 2.75) is 34.1 Å². The van der Waals surface area contributed by atoms with E-state index in [1.54, 1.807) is 20.8 Å². The molecule has 0 heterocycles. The van der Waals surface area contributed by atoms with Crippen molar-refractivity contribution in [1.82, 2.24) is 5.32 Å². The summed E-state index contributed by atoms with van der Waals surface area (Å²) < 4.78 is 10.1. The highest BCUT2D eigenvalue weighted by Gasteiger charge is 2.07. The van der Waals surface area contributed by atoms with Crippen molar-refractivity contribution in [2.24, 2.45) is 11.1 Å². The van der Waals surface area contributed by atoms with E-state index in [4.69, 9.17) is 9.47 Å². The second-order valence-corrected chi connectivity index (χ2v) is 4.42. The number of amides is 1. The third-order valence-corrected chi connectivity index (χ3v) is 2.26. The van der Waals surface area contributed by atoms with Gasteiger partial charge in [-0.05, 0) is 13.3 Å². The molecule has 0 rings (SSSR count). The van der Waals surface area contributed by atoms with Gasteiger partial charge in [0.05, 0.1) is 24.8 Å². The van der Waals surface area contributed by atoms with Crippen molar-refractivity contribution in [3.8, 4) is 0 Å². The molecule has 7 heteroatoms. The topological polar surface area (TPSA) is 86.2 Å². The molecular weight excluding hydrogens is 264 g/mol. The molecule has 0 saturated heterocycles. The number of carbonyl (C=O) groups is 2. The van der Waals surface area contributed by atoms with Crippen LogP contribution in [0.2, 0.25) is 0 Å². The first-order chi connectivity index (χ1) is 9.47. The van der Waals surface area contributed by atoms with Gasteiger partial charge in [-0.1, -0.05) is 25.9 Å². The summed E-state index contributed by atoms with van der Waals surface area (Å²) in [5.41, 5.74) is 0.739. The van der Waals surface area contributed by atoms with Gasteiger partial charge in [-0.2, -0.15) is 0 Å². The molecule has 0 unspecified atom stereocenters. The molecule has 1 amide bonds. The van der Waals surface area contributed by atoms with Crippen LogP contribution >= 0.6 is 0 Å². The Kier molecular flexibility index (Phi) is 10.3. The second kappa shape index (κ2) is 11.2. The number of nitrogens with zero attached hydrogens (tertiary/aromatic N) is 1. The SMILES string of the molecule is CC/C(C)=N/OC(=O)NCCOCCOC(=O)C(C)C. The first-order valence-corrected chi connectivity index (χ1v) is 6.70. The zero-order valence-electron chi connectivity index (χ0n) is 12.6. The molecule has 0 aliphatic carbocycles. The van der Waals surface area contributed by atoms with E-state index in [1.807, 2.05) is 6.92 Å². The molecule has 0 aromatic heterocycles. The number of carbonyl (C=O) groups excluding carboxylic acids is 2. The van der Waals surface area contributed by atoms with Crippen molar-refractivity contribution < 1.29 is 23.9 Å². The van der Waals surface area contributed by atoms with Gasteiger partial charge in [0.25, 0.3) is 0 Å². The molecule has 0 atom stereocenters. The lowest BCUT2D eigenvalue weighted by Crippen LogP contribution is -2.27. The van der Waals surface area contributed by atoms with E-state index in [2.05, 4.69) is 15.3 Å². The van der Waals surface area contributed by atoms with Crippen LogP contribution in [0.1, 0.15) is 34.1 Å². The average Bonchev–Trinajstić information content (AvgIpc) is 2.43. The molecule has 0 aliphatic rings. The Morgan fingerprint density at radius 3 is 2.50 bits per heavy atom. The Balaban J connectivity index is 3.44. The zero-order valence-corrected chi connectivity index (χ0v) is 12.6. The van der Waals surface area contributed by atoms with Crippen molar-refractivity contribution >= 4 is 17.8 Å². The van der Waals surface area contributed by atoms with Crippen molar-refractivity contribution in [1.29, 1.82) is 0 Å². The lowest BCUT2D eigenvalue weighted by atomic mass is 10.2. The highest BCUT2D eigenvalue weighted by Crippen LogP contribution is 1.95. The number of ether oxygens (including phenoxy) is 2. The monoisotopic (exact) mass is 288 g/mol. The molecule has 1 N–H and O–H groups in total. The summed E-state index contributed by atoms with van der Waals surface area (Å²) >= 11 is 0. The summed E-state index contributed by atoms with van der Waals surface area (Å²) in [5.74, 6) is -0.391. The summed E-state index contributed by atoms with van der Waals surface area (Å²) in [6, 6.07) is 0. The standard InChI is InChI=1S/C13H24N2O5/c1-5-11(4)15-20-13(17)14-6-7-18-8-9-19-12(16)10(2)3/h10H,5-9H2,1-4H3,(H,14,17)/b15-11+. The predicted octanol–water partition coefficient (Wildman–Crippen LogP) is 1.71. The molecule has 7 nitrogen and oxygen atoms in total. The summed E-state index contributed by atoms with van der Waals surface area (Å²) in [6.45, 7) is 8.34. The second-order valence-electron chi connectivity index (χ2n) is 4.42. The van der Waals surface area contributed by atoms with E-state index < -0.39 is 6.09 Å². The summed E-state index contributed by atoms with van der Waals surface area (Å²) in [7, 11) is 0. The zero-order chi connectivity index (χ0) is 15.4. The number of rotatable bonds is 9. The van der Waals surface area contributed by atoms with Crippen molar-refractivity contribution in [2.75, 3.05) is 26.4 Å². The molecule has 0 saturated carbocycles. The van der Waals surface area contributed by atoms with E-state index in [9.17, 15) is 9.59 Å². The minimum Gasteiger partial charge on any atom is -0.463 e. The maximum absolute atomic E-state index is 11.2. The fourth-order valence-corrected chi connectivity index (χ4v) is 0.911. The summed E-state index contributed by atoms with van der Waals surface area (Å²) in [6.07, 6.45) is 0.110. The lowest BCUT2D eigenvalue weighted by Gasteiger charge is -2.08. The number of hydrogen-bond acceptors (Lipinski definition) is 6. The molecule has 0 aromatic carbocycles. The quantitative estimate of drug-likeness (QED) is 0.229. The van der Waals surface area contributed by atoms with Gasteiger partial charge in [0.2, 0.25) is 0 Å². The van der Waals surface area contributed by atoms with E-state index in [-0.39, 0.29) is 18.5 Å².